The topological polar surface area (TPSA) is 64.9 Å². The van der Waals surface area contributed by atoms with E-state index in [1.165, 1.54) is 18.3 Å². The number of anilines is 2. The number of alkyl halides is 3. The van der Waals surface area contributed by atoms with Crippen LogP contribution in [0.4, 0.5) is 24.5 Å². The number of nitriles is 1. The summed E-state index contributed by atoms with van der Waals surface area (Å²) < 4.78 is 39.1. The van der Waals surface area contributed by atoms with Crippen molar-refractivity contribution in [3.05, 3.63) is 69.4 Å². The third kappa shape index (κ3) is 5.49. The van der Waals surface area contributed by atoms with Crippen LogP contribution in [0, 0.1) is 14.9 Å². The second-order valence-corrected chi connectivity index (χ2v) is 6.10. The maximum Gasteiger partial charge on any atom is 0.416 e. The van der Waals surface area contributed by atoms with E-state index in [2.05, 4.69) is 33.2 Å². The molecule has 0 atom stereocenters. The maximum absolute atomic E-state index is 12.7. The average Bonchev–Trinajstić information content (AvgIpc) is 2.56. The van der Waals surface area contributed by atoms with E-state index in [1.807, 2.05) is 12.1 Å². The molecule has 2 aromatic carbocycles. The first kappa shape index (κ1) is 18.8. The van der Waals surface area contributed by atoms with Crippen molar-refractivity contribution < 1.29 is 18.0 Å². The number of halogens is 4. The van der Waals surface area contributed by atoms with Crippen molar-refractivity contribution in [1.29, 1.82) is 5.26 Å². The zero-order chi connectivity index (χ0) is 18.4. The summed E-state index contributed by atoms with van der Waals surface area (Å²) in [4.78, 5) is 12.1. The summed E-state index contributed by atoms with van der Waals surface area (Å²) in [5, 5.41) is 14.2. The first-order valence-corrected chi connectivity index (χ1v) is 7.98. The molecule has 128 valence electrons. The Kier molecular flexibility index (Phi) is 6.03. The van der Waals surface area contributed by atoms with E-state index < -0.39 is 17.6 Å². The van der Waals surface area contributed by atoms with Crippen LogP contribution in [0.1, 0.15) is 5.56 Å². The van der Waals surface area contributed by atoms with Crippen LogP contribution in [-0.4, -0.2) is 5.91 Å². The van der Waals surface area contributed by atoms with Crippen LogP contribution in [-0.2, 0) is 11.0 Å². The van der Waals surface area contributed by atoms with Crippen molar-refractivity contribution in [1.82, 2.24) is 0 Å². The molecule has 2 N–H and O–H groups in total. The number of carbonyl (C=O) groups is 1. The van der Waals surface area contributed by atoms with Crippen LogP contribution in [0.15, 0.2) is 60.3 Å². The molecule has 0 saturated carbocycles. The minimum absolute atomic E-state index is 0.0461. The molecule has 0 aliphatic rings. The van der Waals surface area contributed by atoms with Crippen LogP contribution < -0.4 is 10.6 Å². The van der Waals surface area contributed by atoms with Gasteiger partial charge in [-0.1, -0.05) is 6.07 Å². The van der Waals surface area contributed by atoms with E-state index in [4.69, 9.17) is 5.26 Å². The molecule has 4 nitrogen and oxygen atoms in total. The molecule has 0 aliphatic heterocycles. The lowest BCUT2D eigenvalue weighted by Crippen LogP contribution is -2.15. The number of nitrogens with zero attached hydrogens (tertiary/aromatic N) is 1. The third-order valence-corrected chi connectivity index (χ3v) is 3.76. The standard InChI is InChI=1S/C17H11F3IN3O/c18-17(19,20)12-2-1-3-15(8-12)24-16(25)11(9-22)10-23-14-6-4-13(21)5-7-14/h1-8,10,23H,(H,24,25)/b11-10-. The largest absolute Gasteiger partial charge is 0.416 e. The van der Waals surface area contributed by atoms with Gasteiger partial charge in [-0.15, -0.1) is 0 Å². The highest BCUT2D eigenvalue weighted by Crippen LogP contribution is 2.30. The van der Waals surface area contributed by atoms with Crippen LogP contribution in [0.25, 0.3) is 0 Å². The number of nitrogens with one attached hydrogen (secondary N) is 2. The van der Waals surface area contributed by atoms with Gasteiger partial charge in [-0.3, -0.25) is 4.79 Å². The van der Waals surface area contributed by atoms with Crippen molar-refractivity contribution in [2.45, 2.75) is 6.18 Å². The molecule has 0 unspecified atom stereocenters. The van der Waals surface area contributed by atoms with Gasteiger partial charge in [0.1, 0.15) is 11.6 Å². The molecule has 0 radical (unpaired) electrons. The summed E-state index contributed by atoms with van der Waals surface area (Å²) in [5.41, 5.74) is -0.531. The van der Waals surface area contributed by atoms with Crippen molar-refractivity contribution in [3.8, 4) is 6.07 Å². The molecule has 2 rings (SSSR count). The minimum Gasteiger partial charge on any atom is -0.360 e. The highest BCUT2D eigenvalue weighted by atomic mass is 127. The minimum atomic E-state index is -4.51. The molecule has 1 amide bonds. The molecule has 0 heterocycles. The van der Waals surface area contributed by atoms with E-state index in [-0.39, 0.29) is 11.3 Å². The molecule has 0 saturated heterocycles. The fraction of sp³-hybridized carbons (Fsp3) is 0.0588. The van der Waals surface area contributed by atoms with Crippen molar-refractivity contribution in [3.63, 3.8) is 0 Å². The quantitative estimate of drug-likeness (QED) is 0.395. The van der Waals surface area contributed by atoms with Gasteiger partial charge in [0.25, 0.3) is 5.91 Å². The van der Waals surface area contributed by atoms with Gasteiger partial charge in [-0.25, -0.2) is 0 Å². The van der Waals surface area contributed by atoms with E-state index in [0.29, 0.717) is 5.69 Å². The molecule has 0 spiro atoms. The summed E-state index contributed by atoms with van der Waals surface area (Å²) in [6.07, 6.45) is -3.31. The highest BCUT2D eigenvalue weighted by molar-refractivity contribution is 14.1. The zero-order valence-corrected chi connectivity index (χ0v) is 14.7. The first-order chi connectivity index (χ1) is 11.8. The summed E-state index contributed by atoms with van der Waals surface area (Å²) in [6.45, 7) is 0. The molecule has 0 fully saturated rings. The van der Waals surface area contributed by atoms with Crippen molar-refractivity contribution >= 4 is 39.9 Å². The smallest absolute Gasteiger partial charge is 0.360 e. The molecule has 2 aromatic rings. The number of rotatable bonds is 4. The van der Waals surface area contributed by atoms with Gasteiger partial charge in [0.15, 0.2) is 0 Å². The molecule has 0 bridgehead atoms. The predicted molar refractivity (Wildman–Crippen MR) is 96.6 cm³/mol. The van der Waals surface area contributed by atoms with Gasteiger partial charge in [-0.05, 0) is 65.1 Å². The zero-order valence-electron chi connectivity index (χ0n) is 12.6. The molecular formula is C17H11F3IN3O. The Morgan fingerprint density at radius 1 is 1.12 bits per heavy atom. The van der Waals surface area contributed by atoms with Gasteiger partial charge in [0, 0.05) is 21.1 Å². The second kappa shape index (κ2) is 8.02. The monoisotopic (exact) mass is 457 g/mol. The van der Waals surface area contributed by atoms with Gasteiger partial charge in [-0.2, -0.15) is 18.4 Å². The summed E-state index contributed by atoms with van der Waals surface area (Å²) in [6, 6.07) is 13.1. The number of amides is 1. The van der Waals surface area contributed by atoms with Crippen LogP contribution in [0.2, 0.25) is 0 Å². The van der Waals surface area contributed by atoms with Crippen molar-refractivity contribution in [2.75, 3.05) is 10.6 Å². The lowest BCUT2D eigenvalue weighted by molar-refractivity contribution is -0.137. The first-order valence-electron chi connectivity index (χ1n) is 6.90. The van der Waals surface area contributed by atoms with E-state index >= 15 is 0 Å². The fourth-order valence-corrected chi connectivity index (χ4v) is 2.18. The normalized spacial score (nSPS) is 11.6. The van der Waals surface area contributed by atoms with E-state index in [9.17, 15) is 18.0 Å². The fourth-order valence-electron chi connectivity index (χ4n) is 1.82. The number of hydrogen-bond donors (Lipinski definition) is 2. The van der Waals surface area contributed by atoms with E-state index in [1.54, 1.807) is 18.2 Å². The van der Waals surface area contributed by atoms with Crippen molar-refractivity contribution in [2.24, 2.45) is 0 Å². The lowest BCUT2D eigenvalue weighted by Gasteiger charge is -2.09. The predicted octanol–water partition coefficient (Wildman–Crippen LogP) is 4.77. The van der Waals surface area contributed by atoms with Gasteiger partial charge >= 0.3 is 6.18 Å². The van der Waals surface area contributed by atoms with Gasteiger partial charge in [0.05, 0.1) is 5.56 Å². The Labute approximate surface area is 155 Å². The van der Waals surface area contributed by atoms with Gasteiger partial charge < -0.3 is 10.6 Å². The Balaban J connectivity index is 2.11. The maximum atomic E-state index is 12.7. The second-order valence-electron chi connectivity index (χ2n) is 4.85. The Bertz CT molecular complexity index is 839. The average molecular weight is 457 g/mol. The van der Waals surface area contributed by atoms with Crippen LogP contribution >= 0.6 is 22.6 Å². The Hall–Kier alpha value is -2.54. The van der Waals surface area contributed by atoms with Crippen LogP contribution in [0.5, 0.6) is 0 Å². The van der Waals surface area contributed by atoms with Crippen LogP contribution in [0.3, 0.4) is 0 Å². The summed E-state index contributed by atoms with van der Waals surface area (Å²) in [7, 11) is 0. The highest BCUT2D eigenvalue weighted by Gasteiger charge is 2.30. The summed E-state index contributed by atoms with van der Waals surface area (Å²) in [5.74, 6) is -0.806. The summed E-state index contributed by atoms with van der Waals surface area (Å²) >= 11 is 2.14. The molecule has 25 heavy (non-hydrogen) atoms. The molecule has 0 aromatic heterocycles. The number of hydrogen-bond acceptors (Lipinski definition) is 3. The Morgan fingerprint density at radius 3 is 2.40 bits per heavy atom. The van der Waals surface area contributed by atoms with Gasteiger partial charge in [0.2, 0.25) is 0 Å². The van der Waals surface area contributed by atoms with E-state index in [0.717, 1.165) is 15.7 Å². The molecular weight excluding hydrogens is 446 g/mol. The number of benzene rings is 2. The SMILES string of the molecule is N#C/C(=C/Nc1ccc(I)cc1)C(=O)Nc1cccc(C(F)(F)F)c1. The lowest BCUT2D eigenvalue weighted by atomic mass is 10.2. The number of carbonyl (C=O) groups excluding carboxylic acids is 1. The molecule has 0 aliphatic carbocycles. The molecule has 8 heteroatoms. The third-order valence-electron chi connectivity index (χ3n) is 3.04. The Morgan fingerprint density at radius 2 is 1.80 bits per heavy atom.